The monoisotopic (exact) mass is 536 g/mol. The summed E-state index contributed by atoms with van der Waals surface area (Å²) in [6.45, 7) is 0. The summed E-state index contributed by atoms with van der Waals surface area (Å²) in [5.74, 6) is 1.92. The van der Waals surface area contributed by atoms with Crippen molar-refractivity contribution in [3.8, 4) is 62.5 Å². The first-order chi connectivity index (χ1) is 20.7. The maximum atomic E-state index is 9.22. The van der Waals surface area contributed by atoms with Gasteiger partial charge in [-0.2, -0.15) is 5.26 Å². The summed E-state index contributed by atoms with van der Waals surface area (Å²) in [6.07, 6.45) is 0. The second-order valence-electron chi connectivity index (χ2n) is 10.0. The molecule has 0 N–H and O–H groups in total. The molecular weight excluding hydrogens is 512 g/mol. The molecule has 0 spiro atoms. The molecule has 7 aromatic rings. The van der Waals surface area contributed by atoms with Gasteiger partial charge in [0.1, 0.15) is 0 Å². The van der Waals surface area contributed by atoms with Gasteiger partial charge in [-0.05, 0) is 57.3 Å². The smallest absolute Gasteiger partial charge is 0.164 e. The van der Waals surface area contributed by atoms with Crippen molar-refractivity contribution < 1.29 is 0 Å². The third kappa shape index (κ3) is 4.92. The van der Waals surface area contributed by atoms with E-state index in [2.05, 4.69) is 60.7 Å². The normalized spacial score (nSPS) is 10.8. The molecular formula is C38H24N4. The molecule has 1 heterocycles. The molecule has 0 radical (unpaired) electrons. The first-order valence-corrected chi connectivity index (χ1v) is 13.8. The van der Waals surface area contributed by atoms with Crippen LogP contribution in [0.3, 0.4) is 0 Å². The van der Waals surface area contributed by atoms with Crippen LogP contribution in [0, 0.1) is 11.3 Å². The molecule has 0 aliphatic carbocycles. The van der Waals surface area contributed by atoms with E-state index in [1.54, 1.807) is 0 Å². The highest BCUT2D eigenvalue weighted by Crippen LogP contribution is 2.35. The molecule has 0 unspecified atom stereocenters. The summed E-state index contributed by atoms with van der Waals surface area (Å²) in [7, 11) is 0. The van der Waals surface area contributed by atoms with Crippen LogP contribution in [-0.2, 0) is 0 Å². The molecule has 6 aromatic carbocycles. The lowest BCUT2D eigenvalue weighted by Crippen LogP contribution is -2.00. The fourth-order valence-corrected chi connectivity index (χ4v) is 5.20. The van der Waals surface area contributed by atoms with Crippen LogP contribution in [0.4, 0.5) is 0 Å². The van der Waals surface area contributed by atoms with Gasteiger partial charge in [0.15, 0.2) is 17.5 Å². The van der Waals surface area contributed by atoms with Crippen LogP contribution in [0.15, 0.2) is 146 Å². The van der Waals surface area contributed by atoms with E-state index in [0.717, 1.165) is 49.7 Å². The summed E-state index contributed by atoms with van der Waals surface area (Å²) in [5.41, 5.74) is 7.91. The number of nitriles is 1. The van der Waals surface area contributed by atoms with Gasteiger partial charge in [0.2, 0.25) is 0 Å². The Bertz CT molecular complexity index is 2020. The van der Waals surface area contributed by atoms with E-state index in [-0.39, 0.29) is 0 Å². The van der Waals surface area contributed by atoms with Crippen LogP contribution in [0.2, 0.25) is 0 Å². The zero-order valence-electron chi connectivity index (χ0n) is 22.6. The van der Waals surface area contributed by atoms with Gasteiger partial charge in [-0.3, -0.25) is 0 Å². The molecule has 196 valence electrons. The Morgan fingerprint density at radius 3 is 1.40 bits per heavy atom. The SMILES string of the molecule is N#Cc1ccc(-c2ccccc2-c2ccc3ccc(-c4nc(-c5ccccc5)nc(-c5ccccc5)n4)cc3c2)cc1. The lowest BCUT2D eigenvalue weighted by molar-refractivity contribution is 1.07. The van der Waals surface area contributed by atoms with Crippen molar-refractivity contribution in [3.63, 3.8) is 0 Å². The van der Waals surface area contributed by atoms with Gasteiger partial charge < -0.3 is 0 Å². The van der Waals surface area contributed by atoms with Crippen molar-refractivity contribution >= 4 is 10.8 Å². The Balaban J connectivity index is 1.34. The lowest BCUT2D eigenvalue weighted by Gasteiger charge is -2.12. The Kier molecular flexibility index (Phi) is 6.52. The van der Waals surface area contributed by atoms with Gasteiger partial charge >= 0.3 is 0 Å². The van der Waals surface area contributed by atoms with E-state index in [0.29, 0.717) is 23.0 Å². The minimum Gasteiger partial charge on any atom is -0.208 e. The largest absolute Gasteiger partial charge is 0.208 e. The molecule has 42 heavy (non-hydrogen) atoms. The lowest BCUT2D eigenvalue weighted by atomic mass is 9.92. The van der Waals surface area contributed by atoms with Crippen LogP contribution >= 0.6 is 0 Å². The van der Waals surface area contributed by atoms with E-state index in [4.69, 9.17) is 15.0 Å². The molecule has 1 aromatic heterocycles. The van der Waals surface area contributed by atoms with Gasteiger partial charge in [0, 0.05) is 16.7 Å². The van der Waals surface area contributed by atoms with E-state index in [1.165, 1.54) is 0 Å². The van der Waals surface area contributed by atoms with Crippen LogP contribution in [-0.4, -0.2) is 15.0 Å². The molecule has 4 nitrogen and oxygen atoms in total. The van der Waals surface area contributed by atoms with Gasteiger partial charge in [0.25, 0.3) is 0 Å². The van der Waals surface area contributed by atoms with E-state index >= 15 is 0 Å². The Morgan fingerprint density at radius 2 is 0.833 bits per heavy atom. The number of fused-ring (bicyclic) bond motifs is 1. The average Bonchev–Trinajstić information content (AvgIpc) is 3.08. The summed E-state index contributed by atoms with van der Waals surface area (Å²) in [6, 6.07) is 51.2. The van der Waals surface area contributed by atoms with E-state index < -0.39 is 0 Å². The van der Waals surface area contributed by atoms with Gasteiger partial charge in [-0.25, -0.2) is 15.0 Å². The number of rotatable bonds is 5. The van der Waals surface area contributed by atoms with E-state index in [1.807, 2.05) is 91.0 Å². The maximum Gasteiger partial charge on any atom is 0.164 e. The number of hydrogen-bond acceptors (Lipinski definition) is 4. The number of aromatic nitrogens is 3. The van der Waals surface area contributed by atoms with E-state index in [9.17, 15) is 5.26 Å². The molecule has 0 amide bonds. The van der Waals surface area contributed by atoms with Crippen molar-refractivity contribution in [2.75, 3.05) is 0 Å². The molecule has 7 rings (SSSR count). The van der Waals surface area contributed by atoms with Crippen LogP contribution in [0.25, 0.3) is 67.2 Å². The predicted octanol–water partition coefficient (Wildman–Crippen LogP) is 9.23. The molecule has 0 saturated carbocycles. The summed E-state index contributed by atoms with van der Waals surface area (Å²) < 4.78 is 0. The number of hydrogen-bond donors (Lipinski definition) is 0. The molecule has 4 heteroatoms. The van der Waals surface area contributed by atoms with Crippen LogP contribution < -0.4 is 0 Å². The van der Waals surface area contributed by atoms with Gasteiger partial charge in [0.05, 0.1) is 11.6 Å². The zero-order valence-corrected chi connectivity index (χ0v) is 22.6. The van der Waals surface area contributed by atoms with Crippen LogP contribution in [0.1, 0.15) is 5.56 Å². The molecule has 0 atom stereocenters. The summed E-state index contributed by atoms with van der Waals surface area (Å²) in [5, 5.41) is 11.5. The third-order valence-corrected chi connectivity index (χ3v) is 7.36. The average molecular weight is 537 g/mol. The van der Waals surface area contributed by atoms with Crippen molar-refractivity contribution in [1.29, 1.82) is 5.26 Å². The van der Waals surface area contributed by atoms with Crippen molar-refractivity contribution in [3.05, 3.63) is 151 Å². The quantitative estimate of drug-likeness (QED) is 0.220. The molecule has 0 fully saturated rings. The molecule has 0 saturated heterocycles. The van der Waals surface area contributed by atoms with Crippen molar-refractivity contribution in [2.45, 2.75) is 0 Å². The predicted molar refractivity (Wildman–Crippen MR) is 169 cm³/mol. The van der Waals surface area contributed by atoms with Crippen molar-refractivity contribution in [1.82, 2.24) is 15.0 Å². The fourth-order valence-electron chi connectivity index (χ4n) is 5.20. The highest BCUT2D eigenvalue weighted by Gasteiger charge is 2.13. The summed E-state index contributed by atoms with van der Waals surface area (Å²) in [4.78, 5) is 14.6. The van der Waals surface area contributed by atoms with Gasteiger partial charge in [-0.1, -0.05) is 121 Å². The minimum absolute atomic E-state index is 0.632. The van der Waals surface area contributed by atoms with Crippen molar-refractivity contribution in [2.24, 2.45) is 0 Å². The minimum atomic E-state index is 0.632. The van der Waals surface area contributed by atoms with Crippen LogP contribution in [0.5, 0.6) is 0 Å². The van der Waals surface area contributed by atoms with Gasteiger partial charge in [-0.15, -0.1) is 0 Å². The summed E-state index contributed by atoms with van der Waals surface area (Å²) >= 11 is 0. The maximum absolute atomic E-state index is 9.22. The highest BCUT2D eigenvalue weighted by molar-refractivity contribution is 5.93. The number of nitrogens with zero attached hydrogens (tertiary/aromatic N) is 4. The topological polar surface area (TPSA) is 62.5 Å². The highest BCUT2D eigenvalue weighted by atomic mass is 15.0. The first kappa shape index (κ1) is 25.1. The number of benzene rings is 6. The third-order valence-electron chi connectivity index (χ3n) is 7.36. The molecule has 0 bridgehead atoms. The zero-order chi connectivity index (χ0) is 28.3. The molecule has 0 aliphatic heterocycles. The Morgan fingerprint density at radius 1 is 0.381 bits per heavy atom. The fraction of sp³-hybridized carbons (Fsp3) is 0. The second kappa shape index (κ2) is 10.9. The molecule has 0 aliphatic rings. The second-order valence-corrected chi connectivity index (χ2v) is 10.0. The first-order valence-electron chi connectivity index (χ1n) is 13.8. The Labute approximate surface area is 244 Å². The standard InChI is InChI=1S/C38H24N4/c39-25-26-15-17-28(18-16-26)34-13-7-8-14-35(34)31-21-19-27-20-22-32(24-33(27)23-31)38-41-36(29-9-3-1-4-10-29)40-37(42-38)30-11-5-2-6-12-30/h1-24H. The Hall–Kier alpha value is -5.92.